The SMILES string of the molecule is C=CC(=O)N1C[C@H](C)N(c2nc(=O)n3c4nc(c(F)cc24)-c2c(F)cccc2CN(CCN)CCc2ccnc(C(C)C)c2-3)C[C@H]1C. The van der Waals surface area contributed by atoms with E-state index in [1.165, 1.54) is 22.8 Å². The van der Waals surface area contributed by atoms with Crippen LogP contribution in [0.4, 0.5) is 14.6 Å². The van der Waals surface area contributed by atoms with E-state index in [1.54, 1.807) is 23.2 Å². The van der Waals surface area contributed by atoms with Gasteiger partial charge in [0.2, 0.25) is 5.91 Å². The summed E-state index contributed by atoms with van der Waals surface area (Å²) in [6.07, 6.45) is 3.56. The maximum atomic E-state index is 16.4. The zero-order valence-electron chi connectivity index (χ0n) is 27.2. The second-order valence-corrected chi connectivity index (χ2v) is 12.7. The second-order valence-electron chi connectivity index (χ2n) is 12.7. The van der Waals surface area contributed by atoms with Gasteiger partial charge < -0.3 is 15.5 Å². The van der Waals surface area contributed by atoms with Crippen LogP contribution in [0.2, 0.25) is 0 Å². The number of anilines is 1. The molecule has 0 spiro atoms. The summed E-state index contributed by atoms with van der Waals surface area (Å²) in [6, 6.07) is 7.36. The Hall–Kier alpha value is -4.55. The topological polar surface area (TPSA) is 113 Å². The lowest BCUT2D eigenvalue weighted by Gasteiger charge is -2.44. The molecule has 5 heterocycles. The highest BCUT2D eigenvalue weighted by molar-refractivity contribution is 5.91. The van der Waals surface area contributed by atoms with E-state index < -0.39 is 17.3 Å². The number of carbonyl (C=O) groups excluding carboxylic acids is 1. The minimum absolute atomic E-state index is 0.0425. The third-order valence-electron chi connectivity index (χ3n) is 9.20. The molecule has 246 valence electrons. The Balaban J connectivity index is 1.69. The Bertz CT molecular complexity index is 1930. The first-order valence-corrected chi connectivity index (χ1v) is 16.0. The molecule has 1 aromatic carbocycles. The van der Waals surface area contributed by atoms with E-state index in [-0.39, 0.29) is 46.6 Å². The molecule has 6 rings (SSSR count). The summed E-state index contributed by atoms with van der Waals surface area (Å²) in [7, 11) is 0. The van der Waals surface area contributed by atoms with E-state index in [0.29, 0.717) is 68.0 Å². The molecular weight excluding hydrogens is 602 g/mol. The fraction of sp³-hybridized carbons (Fsp3) is 0.400. The number of amides is 1. The van der Waals surface area contributed by atoms with Gasteiger partial charge in [-0.25, -0.2) is 23.1 Å². The molecule has 0 aliphatic carbocycles. The first-order chi connectivity index (χ1) is 22.5. The highest BCUT2D eigenvalue weighted by atomic mass is 19.1. The average Bonchev–Trinajstić information content (AvgIpc) is 3.03. The first kappa shape index (κ1) is 32.4. The molecule has 0 radical (unpaired) electrons. The normalized spacial score (nSPS) is 18.6. The summed E-state index contributed by atoms with van der Waals surface area (Å²) in [5.74, 6) is -1.36. The van der Waals surface area contributed by atoms with Crippen molar-refractivity contribution in [2.75, 3.05) is 37.6 Å². The third kappa shape index (κ3) is 5.80. The van der Waals surface area contributed by atoms with Gasteiger partial charge in [-0.1, -0.05) is 32.6 Å². The number of fused-ring (bicyclic) bond motifs is 5. The zero-order chi connectivity index (χ0) is 33.6. The molecule has 2 bridgehead atoms. The summed E-state index contributed by atoms with van der Waals surface area (Å²) in [5.41, 5.74) is 8.01. The monoisotopic (exact) mass is 642 g/mol. The third-order valence-corrected chi connectivity index (χ3v) is 9.20. The van der Waals surface area contributed by atoms with Crippen LogP contribution in [0.15, 0.2) is 54.0 Å². The molecule has 2 aliphatic rings. The van der Waals surface area contributed by atoms with Gasteiger partial charge in [-0.3, -0.25) is 14.7 Å². The van der Waals surface area contributed by atoms with Gasteiger partial charge in [0.1, 0.15) is 23.1 Å². The lowest BCUT2D eigenvalue weighted by molar-refractivity contribution is -0.128. The molecule has 1 amide bonds. The fourth-order valence-corrected chi connectivity index (χ4v) is 6.88. The minimum Gasteiger partial charge on any atom is -0.349 e. The summed E-state index contributed by atoms with van der Waals surface area (Å²) in [6.45, 7) is 13.9. The Labute approximate surface area is 272 Å². The molecule has 3 aromatic heterocycles. The van der Waals surface area contributed by atoms with Crippen molar-refractivity contribution in [3.05, 3.63) is 88.1 Å². The fourth-order valence-electron chi connectivity index (χ4n) is 6.88. The van der Waals surface area contributed by atoms with E-state index in [1.807, 2.05) is 38.7 Å². The van der Waals surface area contributed by atoms with Crippen LogP contribution in [0.25, 0.3) is 28.0 Å². The summed E-state index contributed by atoms with van der Waals surface area (Å²) >= 11 is 0. The first-order valence-electron chi connectivity index (χ1n) is 16.0. The molecular formula is C35H40F2N8O2. The van der Waals surface area contributed by atoms with Crippen molar-refractivity contribution >= 4 is 22.8 Å². The maximum Gasteiger partial charge on any atom is 0.355 e. The van der Waals surface area contributed by atoms with Gasteiger partial charge in [0.05, 0.1) is 16.8 Å². The Kier molecular flexibility index (Phi) is 8.91. The molecule has 47 heavy (non-hydrogen) atoms. The van der Waals surface area contributed by atoms with Gasteiger partial charge in [-0.05, 0) is 61.6 Å². The smallest absolute Gasteiger partial charge is 0.349 e. The predicted octanol–water partition coefficient (Wildman–Crippen LogP) is 4.17. The predicted molar refractivity (Wildman–Crippen MR) is 179 cm³/mol. The van der Waals surface area contributed by atoms with Crippen LogP contribution in [-0.4, -0.2) is 80.0 Å². The van der Waals surface area contributed by atoms with E-state index >= 15 is 8.78 Å². The van der Waals surface area contributed by atoms with Gasteiger partial charge in [0.15, 0.2) is 5.65 Å². The Morgan fingerprint density at radius 1 is 1.11 bits per heavy atom. The maximum absolute atomic E-state index is 16.4. The van der Waals surface area contributed by atoms with Crippen molar-refractivity contribution in [2.24, 2.45) is 5.73 Å². The molecule has 0 saturated carbocycles. The Morgan fingerprint density at radius 3 is 2.62 bits per heavy atom. The number of rotatable bonds is 5. The van der Waals surface area contributed by atoms with Crippen molar-refractivity contribution in [1.82, 2.24) is 29.3 Å². The molecule has 2 aliphatic heterocycles. The summed E-state index contributed by atoms with van der Waals surface area (Å²) < 4.78 is 33.6. The van der Waals surface area contributed by atoms with Crippen molar-refractivity contribution in [1.29, 1.82) is 0 Å². The molecule has 0 unspecified atom stereocenters. The van der Waals surface area contributed by atoms with Gasteiger partial charge in [0, 0.05) is 63.1 Å². The lowest BCUT2D eigenvalue weighted by Crippen LogP contribution is -2.58. The standard InChI is InChI=1S/C35H40F2N8O2/c1-6-28(46)43-17-22(5)44(18-21(43)4)33-25-16-27(37)31-29-24(8-7-9-26(29)36)19-42(15-12-38)14-11-23-10-13-39-30(20(2)3)32(23)45(34(25)40-31)35(47)41-33/h6-10,13,16,20-22H,1,11-12,14-15,17-19,38H2,2-5H3/t21-,22+/m1/s1. The molecule has 1 saturated heterocycles. The van der Waals surface area contributed by atoms with E-state index in [9.17, 15) is 9.59 Å². The van der Waals surface area contributed by atoms with Crippen LogP contribution in [0, 0.1) is 11.6 Å². The molecule has 2 atom stereocenters. The van der Waals surface area contributed by atoms with Gasteiger partial charge in [-0.2, -0.15) is 4.98 Å². The van der Waals surface area contributed by atoms with Crippen LogP contribution in [0.1, 0.15) is 50.4 Å². The van der Waals surface area contributed by atoms with Gasteiger partial charge in [-0.15, -0.1) is 0 Å². The van der Waals surface area contributed by atoms with Crippen LogP contribution >= 0.6 is 0 Å². The van der Waals surface area contributed by atoms with E-state index in [0.717, 1.165) is 5.56 Å². The minimum atomic E-state index is -0.740. The molecule has 10 nitrogen and oxygen atoms in total. The number of benzene rings is 1. The largest absolute Gasteiger partial charge is 0.355 e. The lowest BCUT2D eigenvalue weighted by atomic mass is 9.99. The van der Waals surface area contributed by atoms with Crippen molar-refractivity contribution in [2.45, 2.75) is 58.7 Å². The molecule has 4 aromatic rings. The average molecular weight is 643 g/mol. The number of nitrogens with two attached hydrogens (primary N) is 1. The zero-order valence-corrected chi connectivity index (χ0v) is 27.2. The van der Waals surface area contributed by atoms with Crippen LogP contribution in [0.5, 0.6) is 0 Å². The van der Waals surface area contributed by atoms with E-state index in [4.69, 9.17) is 10.7 Å². The number of piperazine rings is 1. The van der Waals surface area contributed by atoms with Crippen molar-refractivity contribution < 1.29 is 13.6 Å². The number of carbonyl (C=O) groups is 1. The van der Waals surface area contributed by atoms with Crippen LogP contribution in [-0.2, 0) is 17.8 Å². The molecule has 12 heteroatoms. The van der Waals surface area contributed by atoms with Crippen molar-refractivity contribution in [3.63, 3.8) is 0 Å². The number of halogens is 2. The summed E-state index contributed by atoms with van der Waals surface area (Å²) in [5, 5.41) is 0.303. The Morgan fingerprint density at radius 2 is 1.89 bits per heavy atom. The second kappa shape index (κ2) is 12.9. The quantitative estimate of drug-likeness (QED) is 0.323. The summed E-state index contributed by atoms with van der Waals surface area (Å²) in [4.78, 5) is 46.7. The highest BCUT2D eigenvalue weighted by Crippen LogP contribution is 2.36. The molecule has 1 fully saturated rings. The van der Waals surface area contributed by atoms with Crippen LogP contribution < -0.4 is 16.3 Å². The number of nitrogens with zero attached hydrogens (tertiary/aromatic N) is 7. The van der Waals surface area contributed by atoms with Gasteiger partial charge >= 0.3 is 5.69 Å². The van der Waals surface area contributed by atoms with Gasteiger partial charge in [0.25, 0.3) is 0 Å². The number of pyridine rings is 2. The number of hydrogen-bond acceptors (Lipinski definition) is 8. The number of aromatic nitrogens is 4. The van der Waals surface area contributed by atoms with Crippen LogP contribution in [0.3, 0.4) is 0 Å². The van der Waals surface area contributed by atoms with Crippen molar-refractivity contribution in [3.8, 4) is 16.9 Å². The molecule has 2 N–H and O–H groups in total. The highest BCUT2D eigenvalue weighted by Gasteiger charge is 2.34. The number of hydrogen-bond donors (Lipinski definition) is 1. The van der Waals surface area contributed by atoms with E-state index in [2.05, 4.69) is 21.4 Å².